The third kappa shape index (κ3) is 5.88. The van der Waals surface area contributed by atoms with Gasteiger partial charge in [-0.1, -0.05) is 36.4 Å². The van der Waals surface area contributed by atoms with Gasteiger partial charge < -0.3 is 16.2 Å². The molecule has 4 N–H and O–H groups in total. The summed E-state index contributed by atoms with van der Waals surface area (Å²) in [4.78, 5) is 12.6. The summed E-state index contributed by atoms with van der Waals surface area (Å²) in [6.07, 6.45) is 0. The highest BCUT2D eigenvalue weighted by atomic mass is 16.3. The summed E-state index contributed by atoms with van der Waals surface area (Å²) in [5.74, 6) is 0.386. The fourth-order valence-electron chi connectivity index (χ4n) is 1.34. The van der Waals surface area contributed by atoms with Gasteiger partial charge in [0, 0.05) is 5.69 Å². The molecule has 98 valence electrons. The monoisotopic (exact) mass is 257 g/mol. The third-order valence-electron chi connectivity index (χ3n) is 2.05. The molecule has 0 spiro atoms. The smallest absolute Gasteiger partial charge is 0.290 e. The lowest BCUT2D eigenvalue weighted by atomic mass is 10.3. The molecule has 0 radical (unpaired) electrons. The Labute approximate surface area is 111 Å². The number of hydrogen-bond donors (Lipinski definition) is 3. The van der Waals surface area contributed by atoms with Gasteiger partial charge in [-0.3, -0.25) is 4.79 Å². The van der Waals surface area contributed by atoms with Crippen molar-refractivity contribution in [3.63, 3.8) is 0 Å². The van der Waals surface area contributed by atoms with Gasteiger partial charge in [-0.25, -0.2) is 4.99 Å². The molecule has 0 heterocycles. The van der Waals surface area contributed by atoms with Crippen LogP contribution in [-0.4, -0.2) is 17.5 Å². The first-order valence-corrected chi connectivity index (χ1v) is 5.55. The van der Waals surface area contributed by atoms with Crippen molar-refractivity contribution in [3.05, 3.63) is 60.7 Å². The van der Waals surface area contributed by atoms with Crippen LogP contribution in [0.2, 0.25) is 0 Å². The van der Waals surface area contributed by atoms with Crippen LogP contribution in [0.4, 0.5) is 11.4 Å². The molecule has 5 nitrogen and oxygen atoms in total. The molecule has 0 aliphatic rings. The van der Waals surface area contributed by atoms with E-state index in [-0.39, 0.29) is 6.47 Å². The van der Waals surface area contributed by atoms with E-state index in [0.717, 1.165) is 11.4 Å². The van der Waals surface area contributed by atoms with Crippen LogP contribution in [0.1, 0.15) is 0 Å². The summed E-state index contributed by atoms with van der Waals surface area (Å²) >= 11 is 0. The first-order chi connectivity index (χ1) is 9.26. The Morgan fingerprint density at radius 3 is 2.05 bits per heavy atom. The molecule has 0 unspecified atom stereocenters. The maximum Gasteiger partial charge on any atom is 0.290 e. The molecule has 0 saturated heterocycles. The molecule has 0 aromatic heterocycles. The standard InChI is InChI=1S/C13H13N3.CH2O2/c14-13(15-11-7-3-1-4-8-11)16-12-9-5-2-6-10-12;2-1-3/h1-10H,(H3,14,15,16);1H,(H,2,3). The molecule has 0 aliphatic carbocycles. The minimum Gasteiger partial charge on any atom is -0.483 e. The average Bonchev–Trinajstić information content (AvgIpc) is 2.41. The average molecular weight is 257 g/mol. The molecule has 2 aromatic carbocycles. The van der Waals surface area contributed by atoms with Crippen molar-refractivity contribution in [2.24, 2.45) is 10.7 Å². The van der Waals surface area contributed by atoms with Gasteiger partial charge in [-0.15, -0.1) is 0 Å². The summed E-state index contributed by atoms with van der Waals surface area (Å²) in [6, 6.07) is 19.3. The van der Waals surface area contributed by atoms with Crippen LogP contribution in [0.5, 0.6) is 0 Å². The van der Waals surface area contributed by atoms with Crippen LogP contribution in [0.25, 0.3) is 0 Å². The van der Waals surface area contributed by atoms with E-state index in [1.165, 1.54) is 0 Å². The SMILES string of the molecule is NC(=Nc1ccccc1)Nc1ccccc1.O=CO. The largest absolute Gasteiger partial charge is 0.483 e. The van der Waals surface area contributed by atoms with Crippen LogP contribution in [0.15, 0.2) is 65.7 Å². The predicted octanol–water partition coefficient (Wildman–Crippen LogP) is 2.45. The second-order valence-electron chi connectivity index (χ2n) is 3.43. The number of anilines is 1. The Bertz CT molecular complexity index is 513. The first-order valence-electron chi connectivity index (χ1n) is 5.55. The molecule has 0 bridgehead atoms. The highest BCUT2D eigenvalue weighted by molar-refractivity contribution is 5.93. The topological polar surface area (TPSA) is 87.7 Å². The number of nitrogens with zero attached hydrogens (tertiary/aromatic N) is 1. The number of carboxylic acid groups (broad SMARTS) is 1. The van der Waals surface area contributed by atoms with Gasteiger partial charge in [0.1, 0.15) is 0 Å². The van der Waals surface area contributed by atoms with Crippen molar-refractivity contribution in [1.29, 1.82) is 0 Å². The van der Waals surface area contributed by atoms with Gasteiger partial charge in [0.2, 0.25) is 0 Å². The summed E-state index contributed by atoms with van der Waals surface area (Å²) in [5.41, 5.74) is 7.54. The zero-order chi connectivity index (χ0) is 13.9. The molecule has 0 saturated carbocycles. The predicted molar refractivity (Wildman–Crippen MR) is 76.5 cm³/mol. The van der Waals surface area contributed by atoms with Crippen molar-refractivity contribution in [1.82, 2.24) is 0 Å². The van der Waals surface area contributed by atoms with Crippen LogP contribution < -0.4 is 11.1 Å². The number of rotatable bonds is 2. The van der Waals surface area contributed by atoms with Crippen LogP contribution in [0.3, 0.4) is 0 Å². The molecule has 0 atom stereocenters. The van der Waals surface area contributed by atoms with Crippen molar-refractivity contribution in [3.8, 4) is 0 Å². The number of nitrogens with two attached hydrogens (primary N) is 1. The molecular weight excluding hydrogens is 242 g/mol. The van der Waals surface area contributed by atoms with Gasteiger partial charge in [0.25, 0.3) is 6.47 Å². The first kappa shape index (κ1) is 14.2. The van der Waals surface area contributed by atoms with Gasteiger partial charge in [0.05, 0.1) is 5.69 Å². The summed E-state index contributed by atoms with van der Waals surface area (Å²) in [7, 11) is 0. The van der Waals surface area contributed by atoms with E-state index < -0.39 is 0 Å². The number of para-hydroxylation sites is 2. The van der Waals surface area contributed by atoms with Gasteiger partial charge in [-0.2, -0.15) is 0 Å². The van der Waals surface area contributed by atoms with E-state index >= 15 is 0 Å². The molecule has 0 aliphatic heterocycles. The zero-order valence-corrected chi connectivity index (χ0v) is 10.2. The Kier molecular flexibility index (Phi) is 6.22. The second kappa shape index (κ2) is 8.30. The lowest BCUT2D eigenvalue weighted by molar-refractivity contribution is -0.122. The van der Waals surface area contributed by atoms with Gasteiger partial charge in [0.15, 0.2) is 5.96 Å². The number of guanidine groups is 1. The summed E-state index contributed by atoms with van der Waals surface area (Å²) in [5, 5.41) is 9.91. The van der Waals surface area contributed by atoms with Crippen molar-refractivity contribution < 1.29 is 9.90 Å². The van der Waals surface area contributed by atoms with Gasteiger partial charge >= 0.3 is 0 Å². The molecule has 2 rings (SSSR count). The molecule has 19 heavy (non-hydrogen) atoms. The quantitative estimate of drug-likeness (QED) is 0.438. The molecule has 0 fully saturated rings. The zero-order valence-electron chi connectivity index (χ0n) is 10.2. The lowest BCUT2D eigenvalue weighted by Gasteiger charge is -2.04. The van der Waals surface area contributed by atoms with Crippen LogP contribution >= 0.6 is 0 Å². The van der Waals surface area contributed by atoms with E-state index in [1.54, 1.807) is 0 Å². The molecule has 5 heteroatoms. The van der Waals surface area contributed by atoms with Crippen LogP contribution in [-0.2, 0) is 4.79 Å². The highest BCUT2D eigenvalue weighted by Gasteiger charge is 1.93. The van der Waals surface area contributed by atoms with Crippen molar-refractivity contribution in [2.45, 2.75) is 0 Å². The normalized spacial score (nSPS) is 10.0. The summed E-state index contributed by atoms with van der Waals surface area (Å²) in [6.45, 7) is -0.250. The number of nitrogens with one attached hydrogen (secondary N) is 1. The molecule has 2 aromatic rings. The summed E-state index contributed by atoms with van der Waals surface area (Å²) < 4.78 is 0. The van der Waals surface area contributed by atoms with Gasteiger partial charge in [-0.05, 0) is 24.3 Å². The van der Waals surface area contributed by atoms with E-state index in [1.807, 2.05) is 60.7 Å². The Hall–Kier alpha value is -2.82. The number of aliphatic imine (C=N–C) groups is 1. The van der Waals surface area contributed by atoms with E-state index in [2.05, 4.69) is 10.3 Å². The second-order valence-corrected chi connectivity index (χ2v) is 3.43. The minimum atomic E-state index is -0.250. The van der Waals surface area contributed by atoms with E-state index in [0.29, 0.717) is 5.96 Å². The fraction of sp³-hybridized carbons (Fsp3) is 0. The third-order valence-corrected chi connectivity index (χ3v) is 2.05. The highest BCUT2D eigenvalue weighted by Crippen LogP contribution is 2.10. The number of benzene rings is 2. The Morgan fingerprint density at radius 2 is 1.53 bits per heavy atom. The molecular formula is C14H15N3O2. The van der Waals surface area contributed by atoms with Crippen LogP contribution in [0, 0.1) is 0 Å². The van der Waals surface area contributed by atoms with E-state index in [4.69, 9.17) is 15.6 Å². The Balaban J connectivity index is 0.000000550. The lowest BCUT2D eigenvalue weighted by Crippen LogP contribution is -2.21. The number of hydrogen-bond acceptors (Lipinski definition) is 2. The fourth-order valence-corrected chi connectivity index (χ4v) is 1.34. The van der Waals surface area contributed by atoms with E-state index in [9.17, 15) is 0 Å². The van der Waals surface area contributed by atoms with Crippen molar-refractivity contribution in [2.75, 3.05) is 5.32 Å². The molecule has 0 amide bonds. The van der Waals surface area contributed by atoms with Crippen molar-refractivity contribution >= 4 is 23.8 Å². The number of carbonyl (C=O) groups is 1. The Morgan fingerprint density at radius 1 is 1.05 bits per heavy atom. The maximum atomic E-state index is 8.36. The maximum absolute atomic E-state index is 8.36. The minimum absolute atomic E-state index is 0.250.